The highest BCUT2D eigenvalue weighted by Gasteiger charge is 2.54. The van der Waals surface area contributed by atoms with Crippen molar-refractivity contribution in [3.63, 3.8) is 0 Å². The summed E-state index contributed by atoms with van der Waals surface area (Å²) >= 11 is 0. The van der Waals surface area contributed by atoms with Gasteiger partial charge in [0.15, 0.2) is 24.6 Å². The Morgan fingerprint density at radius 1 is 0.684 bits per heavy atom. The molecule has 9 heteroatoms. The second kappa shape index (κ2) is 13.0. The molecule has 0 amide bonds. The van der Waals surface area contributed by atoms with E-state index in [1.807, 2.05) is 0 Å². The molecular formula is C29H28O9. The van der Waals surface area contributed by atoms with Crippen LogP contribution in [0.1, 0.15) is 31.1 Å². The molecule has 9 nitrogen and oxygen atoms in total. The van der Waals surface area contributed by atoms with Gasteiger partial charge in [0.25, 0.3) is 0 Å². The van der Waals surface area contributed by atoms with E-state index in [0.717, 1.165) is 0 Å². The molecule has 3 aromatic rings. The molecule has 4 rings (SSSR count). The van der Waals surface area contributed by atoms with Gasteiger partial charge in [0.2, 0.25) is 0 Å². The number of rotatable bonds is 10. The summed E-state index contributed by atoms with van der Waals surface area (Å²) in [5.74, 6) is -1.96. The second-order valence-electron chi connectivity index (χ2n) is 8.44. The SMILES string of the molecule is COC[C@@H](OC(=O)c1ccccc1)[C@@H]1OC(OC)[C@H](OC(=O)c2ccccc2)[C@H]1OC(=O)c1ccccc1. The number of ether oxygens (including phenoxy) is 6. The third-order valence-electron chi connectivity index (χ3n) is 5.91. The van der Waals surface area contributed by atoms with E-state index < -0.39 is 48.6 Å². The molecule has 1 aliphatic heterocycles. The zero-order valence-corrected chi connectivity index (χ0v) is 20.9. The lowest BCUT2D eigenvalue weighted by Crippen LogP contribution is -2.47. The monoisotopic (exact) mass is 520 g/mol. The molecule has 0 aromatic heterocycles. The fourth-order valence-electron chi connectivity index (χ4n) is 4.07. The van der Waals surface area contributed by atoms with E-state index in [2.05, 4.69) is 0 Å². The molecule has 1 unspecified atom stereocenters. The predicted molar refractivity (Wildman–Crippen MR) is 134 cm³/mol. The normalized spacial score (nSPS) is 21.3. The van der Waals surface area contributed by atoms with Crippen molar-refractivity contribution in [2.24, 2.45) is 0 Å². The van der Waals surface area contributed by atoms with Crippen LogP contribution in [-0.4, -0.2) is 69.4 Å². The van der Waals surface area contributed by atoms with Crippen molar-refractivity contribution in [3.8, 4) is 0 Å². The van der Waals surface area contributed by atoms with Gasteiger partial charge in [-0.2, -0.15) is 0 Å². The molecule has 1 saturated heterocycles. The first kappa shape index (κ1) is 27.0. The first-order valence-electron chi connectivity index (χ1n) is 12.0. The van der Waals surface area contributed by atoms with E-state index in [9.17, 15) is 14.4 Å². The van der Waals surface area contributed by atoms with Crippen LogP contribution in [0.5, 0.6) is 0 Å². The molecule has 0 spiro atoms. The minimum absolute atomic E-state index is 0.0849. The molecule has 0 bridgehead atoms. The highest BCUT2D eigenvalue weighted by Crippen LogP contribution is 2.32. The van der Waals surface area contributed by atoms with Crippen LogP contribution < -0.4 is 0 Å². The van der Waals surface area contributed by atoms with E-state index in [1.165, 1.54) is 14.2 Å². The Balaban J connectivity index is 1.64. The third-order valence-corrected chi connectivity index (χ3v) is 5.91. The zero-order valence-electron chi connectivity index (χ0n) is 20.9. The summed E-state index contributed by atoms with van der Waals surface area (Å²) in [4.78, 5) is 38.9. The Bertz CT molecular complexity index is 1200. The maximum Gasteiger partial charge on any atom is 0.338 e. The molecular weight excluding hydrogens is 492 g/mol. The van der Waals surface area contributed by atoms with Crippen LogP contribution in [0, 0.1) is 0 Å². The van der Waals surface area contributed by atoms with Gasteiger partial charge in [-0.15, -0.1) is 0 Å². The number of methoxy groups -OCH3 is 2. The van der Waals surface area contributed by atoms with Gasteiger partial charge >= 0.3 is 17.9 Å². The summed E-state index contributed by atoms with van der Waals surface area (Å²) in [7, 11) is 2.80. The number of carbonyl (C=O) groups is 3. The zero-order chi connectivity index (χ0) is 26.9. The number of hydrogen-bond acceptors (Lipinski definition) is 9. The third kappa shape index (κ3) is 6.44. The number of benzene rings is 3. The summed E-state index contributed by atoms with van der Waals surface area (Å²) in [5, 5.41) is 0. The molecule has 0 saturated carbocycles. The van der Waals surface area contributed by atoms with Crippen LogP contribution in [0.25, 0.3) is 0 Å². The van der Waals surface area contributed by atoms with Gasteiger partial charge in [-0.3, -0.25) is 0 Å². The fraction of sp³-hybridized carbons (Fsp3) is 0.276. The molecule has 198 valence electrons. The molecule has 1 fully saturated rings. The lowest BCUT2D eigenvalue weighted by Gasteiger charge is -2.28. The number of esters is 3. The van der Waals surface area contributed by atoms with Crippen molar-refractivity contribution in [2.45, 2.75) is 30.7 Å². The highest BCUT2D eigenvalue weighted by atomic mass is 16.7. The van der Waals surface area contributed by atoms with Crippen molar-refractivity contribution < 1.29 is 42.8 Å². The topological polar surface area (TPSA) is 107 Å². The first-order chi connectivity index (χ1) is 18.5. The van der Waals surface area contributed by atoms with E-state index in [4.69, 9.17) is 28.4 Å². The molecule has 0 aliphatic carbocycles. The van der Waals surface area contributed by atoms with Gasteiger partial charge < -0.3 is 28.4 Å². The van der Waals surface area contributed by atoms with Gasteiger partial charge in [-0.1, -0.05) is 54.6 Å². The molecule has 5 atom stereocenters. The van der Waals surface area contributed by atoms with Gasteiger partial charge in [-0.25, -0.2) is 14.4 Å². The van der Waals surface area contributed by atoms with E-state index in [0.29, 0.717) is 11.1 Å². The van der Waals surface area contributed by atoms with Gasteiger partial charge in [0.1, 0.15) is 6.10 Å². The second-order valence-corrected chi connectivity index (χ2v) is 8.44. The Morgan fingerprint density at radius 3 is 1.58 bits per heavy atom. The molecule has 1 heterocycles. The summed E-state index contributed by atoms with van der Waals surface area (Å²) in [6, 6.07) is 25.1. The quantitative estimate of drug-likeness (QED) is 0.292. The maximum absolute atomic E-state index is 13.1. The minimum Gasteiger partial charge on any atom is -0.453 e. The molecule has 3 aromatic carbocycles. The smallest absolute Gasteiger partial charge is 0.338 e. The van der Waals surface area contributed by atoms with E-state index in [1.54, 1.807) is 91.0 Å². The van der Waals surface area contributed by atoms with Crippen molar-refractivity contribution in [1.82, 2.24) is 0 Å². The molecule has 0 radical (unpaired) electrons. The Kier molecular flexibility index (Phi) is 9.21. The van der Waals surface area contributed by atoms with E-state index >= 15 is 0 Å². The Hall–Kier alpha value is -4.05. The molecule has 38 heavy (non-hydrogen) atoms. The minimum atomic E-state index is -1.19. The number of hydrogen-bond donors (Lipinski definition) is 0. The van der Waals surface area contributed by atoms with Crippen molar-refractivity contribution in [2.75, 3.05) is 20.8 Å². The summed E-state index contributed by atoms with van der Waals surface area (Å²) < 4.78 is 34.1. The average molecular weight is 521 g/mol. The standard InChI is InChI=1S/C29H28O9/c1-33-18-22(35-26(30)19-12-6-3-7-13-19)23-24(36-27(31)20-14-8-4-9-15-20)25(29(34-2)38-23)37-28(32)21-16-10-5-11-17-21/h3-17,22-25,29H,18H2,1-2H3/t22-,23+,24+,25-,29?/m1/s1. The van der Waals surface area contributed by atoms with Crippen LogP contribution in [0.2, 0.25) is 0 Å². The average Bonchev–Trinajstić information content (AvgIpc) is 3.30. The predicted octanol–water partition coefficient (Wildman–Crippen LogP) is 3.68. The summed E-state index contributed by atoms with van der Waals surface area (Å²) in [6.07, 6.45) is -5.58. The van der Waals surface area contributed by atoms with Crippen molar-refractivity contribution >= 4 is 17.9 Å². The number of carbonyl (C=O) groups excluding carboxylic acids is 3. The van der Waals surface area contributed by atoms with Gasteiger partial charge in [0, 0.05) is 14.2 Å². The van der Waals surface area contributed by atoms with Crippen molar-refractivity contribution in [1.29, 1.82) is 0 Å². The fourth-order valence-corrected chi connectivity index (χ4v) is 4.07. The van der Waals surface area contributed by atoms with Gasteiger partial charge in [0.05, 0.1) is 23.3 Å². The lowest BCUT2D eigenvalue weighted by molar-refractivity contribution is -0.169. The van der Waals surface area contributed by atoms with Crippen LogP contribution in [0.15, 0.2) is 91.0 Å². The molecule has 0 N–H and O–H groups in total. The largest absolute Gasteiger partial charge is 0.453 e. The van der Waals surface area contributed by atoms with E-state index in [-0.39, 0.29) is 12.2 Å². The first-order valence-corrected chi connectivity index (χ1v) is 12.0. The van der Waals surface area contributed by atoms with Crippen LogP contribution in [-0.2, 0) is 28.4 Å². The van der Waals surface area contributed by atoms with Crippen LogP contribution in [0.4, 0.5) is 0 Å². The van der Waals surface area contributed by atoms with Gasteiger partial charge in [-0.05, 0) is 36.4 Å². The summed E-state index contributed by atoms with van der Waals surface area (Å²) in [5.41, 5.74) is 0.896. The van der Waals surface area contributed by atoms with Crippen LogP contribution >= 0.6 is 0 Å². The Morgan fingerprint density at radius 2 is 1.13 bits per heavy atom. The highest BCUT2D eigenvalue weighted by molar-refractivity contribution is 5.91. The lowest BCUT2D eigenvalue weighted by atomic mass is 10.0. The van der Waals surface area contributed by atoms with Crippen LogP contribution in [0.3, 0.4) is 0 Å². The molecule has 1 aliphatic rings. The Labute approximate surface area is 220 Å². The maximum atomic E-state index is 13.1. The summed E-state index contributed by atoms with van der Waals surface area (Å²) in [6.45, 7) is -0.0849. The van der Waals surface area contributed by atoms with Crippen molar-refractivity contribution in [3.05, 3.63) is 108 Å².